The van der Waals surface area contributed by atoms with Crippen LogP contribution in [0.1, 0.15) is 48.1 Å². The maximum absolute atomic E-state index is 13.6. The minimum atomic E-state index is -3.55. The summed E-state index contributed by atoms with van der Waals surface area (Å²) in [5, 5.41) is 4.03. The topological polar surface area (TPSA) is 122 Å². The zero-order chi connectivity index (χ0) is 23.0. The van der Waals surface area contributed by atoms with E-state index >= 15 is 0 Å². The van der Waals surface area contributed by atoms with Crippen LogP contribution in [0.5, 0.6) is 0 Å². The van der Waals surface area contributed by atoms with Crippen molar-refractivity contribution in [2.45, 2.75) is 44.6 Å². The van der Waals surface area contributed by atoms with Gasteiger partial charge in [-0.15, -0.1) is 16.7 Å². The number of nitrogens with two attached hydrogens (primary N) is 1. The highest BCUT2D eigenvalue weighted by Gasteiger charge is 2.35. The molecule has 0 spiro atoms. The fourth-order valence-electron chi connectivity index (χ4n) is 3.23. The highest BCUT2D eigenvalue weighted by atomic mass is 35.5. The SMILES string of the molecule is CN(CCCCCl)P(=O)(OCc1ccccc1)OC[C@@H]1CC[C@H](n2cnc(C(N)=O)n2)O1. The summed E-state index contributed by atoms with van der Waals surface area (Å²) in [5.74, 6) is -0.220. The Bertz CT molecular complexity index is 915. The third-order valence-corrected chi connectivity index (χ3v) is 7.29. The fraction of sp³-hybridized carbons (Fsp3) is 0.550. The van der Waals surface area contributed by atoms with Gasteiger partial charge >= 0.3 is 7.75 Å². The molecule has 1 aliphatic rings. The number of benzene rings is 1. The van der Waals surface area contributed by atoms with E-state index < -0.39 is 19.9 Å². The van der Waals surface area contributed by atoms with Crippen LogP contribution in [0.25, 0.3) is 0 Å². The Morgan fingerprint density at radius 2 is 2.09 bits per heavy atom. The molecule has 1 aromatic carbocycles. The van der Waals surface area contributed by atoms with Crippen LogP contribution in [0.4, 0.5) is 0 Å². The third kappa shape index (κ3) is 6.84. The molecule has 1 fully saturated rings. The standard InChI is InChI=1S/C20H29ClN5O5P/c1-25(12-6-5-11-21)32(28,29-13-16-7-3-2-4-8-16)30-14-17-9-10-18(31-17)26-15-23-20(24-26)19(22)27/h2-4,7-8,15,17-18H,5-6,9-14H2,1H3,(H2,22,27)/t17-,18+,32?/m0/s1. The Kier molecular flexibility index (Phi) is 9.22. The Labute approximate surface area is 192 Å². The number of ether oxygens (including phenoxy) is 1. The van der Waals surface area contributed by atoms with Crippen LogP contribution in [0.2, 0.25) is 0 Å². The van der Waals surface area contributed by atoms with Gasteiger partial charge in [0.2, 0.25) is 5.82 Å². The van der Waals surface area contributed by atoms with Crippen molar-refractivity contribution in [3.63, 3.8) is 0 Å². The third-order valence-electron chi connectivity index (χ3n) is 5.05. The number of nitrogens with zero attached hydrogens (tertiary/aromatic N) is 4. The van der Waals surface area contributed by atoms with E-state index in [1.54, 1.807) is 11.7 Å². The largest absolute Gasteiger partial charge is 0.408 e. The van der Waals surface area contributed by atoms with E-state index in [9.17, 15) is 9.36 Å². The number of aromatic nitrogens is 3. The second-order valence-electron chi connectivity index (χ2n) is 7.50. The van der Waals surface area contributed by atoms with Crippen LogP contribution in [0, 0.1) is 0 Å². The summed E-state index contributed by atoms with van der Waals surface area (Å²) < 4.78 is 34.2. The molecule has 2 aromatic rings. The smallest absolute Gasteiger partial charge is 0.363 e. The van der Waals surface area contributed by atoms with E-state index in [2.05, 4.69) is 10.1 Å². The van der Waals surface area contributed by atoms with Gasteiger partial charge in [-0.25, -0.2) is 18.9 Å². The van der Waals surface area contributed by atoms with Crippen LogP contribution >= 0.6 is 19.3 Å². The fourth-order valence-corrected chi connectivity index (χ4v) is 4.94. The molecule has 10 nitrogen and oxygen atoms in total. The summed E-state index contributed by atoms with van der Waals surface area (Å²) in [6.45, 7) is 0.794. The predicted molar refractivity (Wildman–Crippen MR) is 119 cm³/mol. The molecular formula is C20H29ClN5O5P. The highest BCUT2D eigenvalue weighted by molar-refractivity contribution is 7.51. The number of carbonyl (C=O) groups is 1. The van der Waals surface area contributed by atoms with Crippen molar-refractivity contribution in [1.29, 1.82) is 0 Å². The first-order valence-corrected chi connectivity index (χ1v) is 12.5. The zero-order valence-corrected chi connectivity index (χ0v) is 19.7. The number of hydrogen-bond donors (Lipinski definition) is 1. The van der Waals surface area contributed by atoms with E-state index in [-0.39, 0.29) is 25.1 Å². The molecule has 0 bridgehead atoms. The first-order chi connectivity index (χ1) is 15.4. The molecule has 1 aromatic heterocycles. The number of halogens is 1. The second-order valence-corrected chi connectivity index (χ2v) is 10.0. The molecule has 0 aliphatic carbocycles. The predicted octanol–water partition coefficient (Wildman–Crippen LogP) is 3.35. The Morgan fingerprint density at radius 3 is 2.78 bits per heavy atom. The Hall–Kier alpha value is -1.81. The van der Waals surface area contributed by atoms with Crippen molar-refractivity contribution in [3.05, 3.63) is 48.0 Å². The summed E-state index contributed by atoms with van der Waals surface area (Å²) in [5.41, 5.74) is 6.10. The van der Waals surface area contributed by atoms with Gasteiger partial charge in [-0.3, -0.25) is 13.8 Å². The Balaban J connectivity index is 1.58. The van der Waals surface area contributed by atoms with Crippen molar-refractivity contribution in [2.75, 3.05) is 26.1 Å². The first-order valence-electron chi connectivity index (χ1n) is 10.5. The normalized spacial score (nSPS) is 20.5. The number of alkyl halides is 1. The number of carbonyl (C=O) groups excluding carboxylic acids is 1. The van der Waals surface area contributed by atoms with Gasteiger partial charge in [-0.2, -0.15) is 0 Å². The molecule has 2 N–H and O–H groups in total. The molecule has 3 atom stereocenters. The van der Waals surface area contributed by atoms with Crippen LogP contribution in [-0.4, -0.2) is 57.5 Å². The quantitative estimate of drug-likeness (QED) is 0.260. The maximum atomic E-state index is 13.6. The van der Waals surface area contributed by atoms with Gasteiger partial charge < -0.3 is 10.5 Å². The van der Waals surface area contributed by atoms with Crippen LogP contribution in [0.3, 0.4) is 0 Å². The molecule has 1 amide bonds. The van der Waals surface area contributed by atoms with Gasteiger partial charge in [0.25, 0.3) is 5.91 Å². The summed E-state index contributed by atoms with van der Waals surface area (Å²) in [6.07, 6.45) is 3.62. The van der Waals surface area contributed by atoms with E-state index in [1.807, 2.05) is 30.3 Å². The van der Waals surface area contributed by atoms with Gasteiger partial charge in [0, 0.05) is 12.4 Å². The van der Waals surface area contributed by atoms with E-state index in [1.165, 1.54) is 11.0 Å². The van der Waals surface area contributed by atoms with Crippen LogP contribution < -0.4 is 5.73 Å². The lowest BCUT2D eigenvalue weighted by molar-refractivity contribution is -0.0285. The van der Waals surface area contributed by atoms with Crippen molar-refractivity contribution >= 4 is 25.3 Å². The average molecular weight is 486 g/mol. The van der Waals surface area contributed by atoms with Crippen molar-refractivity contribution in [2.24, 2.45) is 5.73 Å². The molecule has 176 valence electrons. The van der Waals surface area contributed by atoms with Gasteiger partial charge in [-0.1, -0.05) is 30.3 Å². The summed E-state index contributed by atoms with van der Waals surface area (Å²) in [4.78, 5) is 15.1. The van der Waals surface area contributed by atoms with Gasteiger partial charge in [0.05, 0.1) is 19.3 Å². The maximum Gasteiger partial charge on any atom is 0.408 e. The first kappa shape index (κ1) is 24.8. The lowest BCUT2D eigenvalue weighted by atomic mass is 10.2. The number of amides is 1. The number of hydrogen-bond acceptors (Lipinski definition) is 7. The molecule has 1 aliphatic heterocycles. The minimum Gasteiger partial charge on any atom is -0.363 e. The molecule has 2 heterocycles. The monoisotopic (exact) mass is 485 g/mol. The number of primary amides is 1. The lowest BCUT2D eigenvalue weighted by Gasteiger charge is -2.28. The summed E-state index contributed by atoms with van der Waals surface area (Å²) in [6, 6.07) is 9.51. The van der Waals surface area contributed by atoms with E-state index in [0.29, 0.717) is 25.3 Å². The molecule has 1 saturated heterocycles. The molecular weight excluding hydrogens is 457 g/mol. The van der Waals surface area contributed by atoms with Gasteiger partial charge in [0.15, 0.2) is 6.23 Å². The molecule has 12 heteroatoms. The highest BCUT2D eigenvalue weighted by Crippen LogP contribution is 2.52. The van der Waals surface area contributed by atoms with Crippen molar-refractivity contribution in [1.82, 2.24) is 19.4 Å². The number of rotatable bonds is 13. The van der Waals surface area contributed by atoms with Crippen molar-refractivity contribution in [3.8, 4) is 0 Å². The number of unbranched alkanes of at least 4 members (excludes halogenated alkanes) is 1. The minimum absolute atomic E-state index is 0.0642. The lowest BCUT2D eigenvalue weighted by Crippen LogP contribution is -2.23. The average Bonchev–Trinajstić information content (AvgIpc) is 3.47. The van der Waals surface area contributed by atoms with E-state index in [0.717, 1.165) is 18.4 Å². The summed E-state index contributed by atoms with van der Waals surface area (Å²) in [7, 11) is -1.83. The molecule has 0 radical (unpaired) electrons. The molecule has 0 saturated carbocycles. The van der Waals surface area contributed by atoms with Gasteiger partial charge in [0.1, 0.15) is 6.33 Å². The molecule has 32 heavy (non-hydrogen) atoms. The molecule has 1 unspecified atom stereocenters. The van der Waals surface area contributed by atoms with Crippen molar-refractivity contribution < 1.29 is 23.1 Å². The summed E-state index contributed by atoms with van der Waals surface area (Å²) >= 11 is 5.77. The van der Waals surface area contributed by atoms with E-state index in [4.69, 9.17) is 31.1 Å². The van der Waals surface area contributed by atoms with Gasteiger partial charge in [-0.05, 0) is 38.3 Å². The van der Waals surface area contributed by atoms with Crippen LogP contribution in [-0.2, 0) is 25.0 Å². The zero-order valence-electron chi connectivity index (χ0n) is 18.0. The molecule has 3 rings (SSSR count). The van der Waals surface area contributed by atoms with Crippen LogP contribution in [0.15, 0.2) is 36.7 Å². The second kappa shape index (κ2) is 11.9. The Morgan fingerprint density at radius 1 is 1.31 bits per heavy atom.